The van der Waals surface area contributed by atoms with Crippen LogP contribution in [0.5, 0.6) is 5.75 Å². The van der Waals surface area contributed by atoms with Crippen molar-refractivity contribution in [3.63, 3.8) is 0 Å². The van der Waals surface area contributed by atoms with Gasteiger partial charge in [-0.25, -0.2) is 0 Å². The maximum absolute atomic E-state index is 13.0. The molecule has 0 heterocycles. The van der Waals surface area contributed by atoms with Crippen LogP contribution in [0.25, 0.3) is 0 Å². The van der Waals surface area contributed by atoms with Crippen molar-refractivity contribution in [2.24, 2.45) is 0 Å². The Kier molecular flexibility index (Phi) is 9.79. The number of benzene rings is 1. The summed E-state index contributed by atoms with van der Waals surface area (Å²) in [6.07, 6.45) is 7.09. The van der Waals surface area contributed by atoms with Gasteiger partial charge >= 0.3 is 0 Å². The lowest BCUT2D eigenvalue weighted by atomic mass is 9.93. The number of nitrogens with one attached hydrogen (secondary N) is 1. The third-order valence-corrected chi connectivity index (χ3v) is 5.64. The fraction of sp³-hybridized carbons (Fsp3) is 0.696. The second kappa shape index (κ2) is 12.1. The number of amides is 1. The molecule has 1 saturated carbocycles. The molecule has 158 valence electrons. The number of anilines is 1. The molecule has 5 heteroatoms. The van der Waals surface area contributed by atoms with Gasteiger partial charge in [0.25, 0.3) is 5.91 Å². The van der Waals surface area contributed by atoms with Crippen molar-refractivity contribution >= 4 is 11.6 Å². The predicted octanol–water partition coefficient (Wildman–Crippen LogP) is 4.87. The molecule has 0 atom stereocenters. The summed E-state index contributed by atoms with van der Waals surface area (Å²) in [5, 5.41) is 3.06. The molecule has 0 unspecified atom stereocenters. The van der Waals surface area contributed by atoms with Crippen molar-refractivity contribution in [3.05, 3.63) is 24.3 Å². The summed E-state index contributed by atoms with van der Waals surface area (Å²) in [7, 11) is 0. The number of hydrogen-bond donors (Lipinski definition) is 1. The number of nitrogens with zero attached hydrogens (tertiary/aromatic N) is 1. The van der Waals surface area contributed by atoms with Gasteiger partial charge in [-0.15, -0.1) is 0 Å². The van der Waals surface area contributed by atoms with Crippen LogP contribution in [0.4, 0.5) is 5.69 Å². The molecular weight excluding hydrogens is 352 g/mol. The van der Waals surface area contributed by atoms with Crippen molar-refractivity contribution < 1.29 is 14.3 Å². The van der Waals surface area contributed by atoms with E-state index in [1.807, 2.05) is 31.2 Å². The summed E-state index contributed by atoms with van der Waals surface area (Å²) in [4.78, 5) is 15.4. The van der Waals surface area contributed by atoms with Gasteiger partial charge < -0.3 is 19.7 Å². The van der Waals surface area contributed by atoms with Gasteiger partial charge in [-0.3, -0.25) is 4.79 Å². The van der Waals surface area contributed by atoms with Gasteiger partial charge in [-0.2, -0.15) is 0 Å². The van der Waals surface area contributed by atoms with E-state index in [0.29, 0.717) is 13.2 Å². The first-order valence-electron chi connectivity index (χ1n) is 11.0. The van der Waals surface area contributed by atoms with E-state index in [2.05, 4.69) is 24.1 Å². The molecule has 1 aromatic carbocycles. The lowest BCUT2D eigenvalue weighted by molar-refractivity contribution is -0.143. The van der Waals surface area contributed by atoms with Crippen LogP contribution in [-0.2, 0) is 9.53 Å². The van der Waals surface area contributed by atoms with E-state index in [-0.39, 0.29) is 5.91 Å². The summed E-state index contributed by atoms with van der Waals surface area (Å²) in [5.74, 6) is 0.829. The summed E-state index contributed by atoms with van der Waals surface area (Å²) in [5.41, 5.74) is 0.119. The molecule has 0 saturated heterocycles. The highest BCUT2D eigenvalue weighted by Gasteiger charge is 2.39. The molecule has 0 aromatic heterocycles. The van der Waals surface area contributed by atoms with Gasteiger partial charge in [0.2, 0.25) is 0 Å². The highest BCUT2D eigenvalue weighted by atomic mass is 16.5. The van der Waals surface area contributed by atoms with E-state index in [9.17, 15) is 4.79 Å². The standard InChI is InChI=1S/C23H38N2O3/c1-4-25(5-2)18-11-19-27-21-14-12-20(13-15-21)24-22(26)23(28-6-3)16-9-7-8-10-17-23/h12-15H,4-11,16-19H2,1-3H3,(H,24,26). The lowest BCUT2D eigenvalue weighted by Gasteiger charge is -2.31. The van der Waals surface area contributed by atoms with Crippen LogP contribution in [0.2, 0.25) is 0 Å². The van der Waals surface area contributed by atoms with Crippen LogP contribution in [0, 0.1) is 0 Å². The monoisotopic (exact) mass is 390 g/mol. The third kappa shape index (κ3) is 6.78. The number of ether oxygens (including phenoxy) is 2. The van der Waals surface area contributed by atoms with Gasteiger partial charge in [0.05, 0.1) is 6.61 Å². The second-order valence-corrected chi connectivity index (χ2v) is 7.55. The molecule has 0 radical (unpaired) electrons. The summed E-state index contributed by atoms with van der Waals surface area (Å²) in [6.45, 7) is 10.8. The topological polar surface area (TPSA) is 50.8 Å². The molecule has 2 rings (SSSR count). The lowest BCUT2D eigenvalue weighted by Crippen LogP contribution is -2.45. The highest BCUT2D eigenvalue weighted by Crippen LogP contribution is 2.32. The fourth-order valence-corrected chi connectivity index (χ4v) is 3.91. The Morgan fingerprint density at radius 2 is 1.68 bits per heavy atom. The smallest absolute Gasteiger partial charge is 0.256 e. The Morgan fingerprint density at radius 1 is 1.04 bits per heavy atom. The van der Waals surface area contributed by atoms with Crippen LogP contribution in [-0.4, -0.2) is 49.3 Å². The van der Waals surface area contributed by atoms with E-state index in [1.54, 1.807) is 0 Å². The molecule has 28 heavy (non-hydrogen) atoms. The van der Waals surface area contributed by atoms with Crippen LogP contribution in [0.3, 0.4) is 0 Å². The molecule has 1 amide bonds. The van der Waals surface area contributed by atoms with Gasteiger partial charge in [0.1, 0.15) is 11.4 Å². The van der Waals surface area contributed by atoms with E-state index < -0.39 is 5.60 Å². The van der Waals surface area contributed by atoms with Gasteiger partial charge in [-0.05, 0) is 63.5 Å². The molecule has 1 fully saturated rings. The molecule has 5 nitrogen and oxygen atoms in total. The van der Waals surface area contributed by atoms with Crippen molar-refractivity contribution in [1.29, 1.82) is 0 Å². The normalized spacial score (nSPS) is 16.6. The quantitative estimate of drug-likeness (QED) is 0.433. The zero-order valence-corrected chi connectivity index (χ0v) is 18.0. The maximum Gasteiger partial charge on any atom is 0.256 e. The minimum absolute atomic E-state index is 0.0101. The van der Waals surface area contributed by atoms with Crippen LogP contribution < -0.4 is 10.1 Å². The van der Waals surface area contributed by atoms with E-state index in [4.69, 9.17) is 9.47 Å². The Hall–Kier alpha value is -1.59. The number of carbonyl (C=O) groups excluding carboxylic acids is 1. The van der Waals surface area contributed by atoms with Crippen molar-refractivity contribution in [3.8, 4) is 5.75 Å². The predicted molar refractivity (Wildman–Crippen MR) is 115 cm³/mol. The summed E-state index contributed by atoms with van der Waals surface area (Å²) < 4.78 is 11.8. The van der Waals surface area contributed by atoms with Crippen LogP contribution in [0.15, 0.2) is 24.3 Å². The third-order valence-electron chi connectivity index (χ3n) is 5.64. The molecule has 1 aliphatic carbocycles. The van der Waals surface area contributed by atoms with E-state index in [1.165, 1.54) is 12.8 Å². The summed E-state index contributed by atoms with van der Waals surface area (Å²) in [6, 6.07) is 7.67. The Labute approximate surface area is 170 Å². The van der Waals surface area contributed by atoms with Crippen molar-refractivity contribution in [1.82, 2.24) is 4.90 Å². The number of rotatable bonds is 11. The van der Waals surface area contributed by atoms with Gasteiger partial charge in [0, 0.05) is 18.8 Å². The van der Waals surface area contributed by atoms with Gasteiger partial charge in [0.15, 0.2) is 0 Å². The fourth-order valence-electron chi connectivity index (χ4n) is 3.91. The Morgan fingerprint density at radius 3 is 2.25 bits per heavy atom. The highest BCUT2D eigenvalue weighted by molar-refractivity contribution is 5.97. The van der Waals surface area contributed by atoms with Crippen LogP contribution >= 0.6 is 0 Å². The molecule has 0 aliphatic heterocycles. The molecular formula is C23H38N2O3. The minimum Gasteiger partial charge on any atom is -0.494 e. The first-order valence-corrected chi connectivity index (χ1v) is 11.0. The zero-order valence-electron chi connectivity index (χ0n) is 18.0. The molecule has 1 N–H and O–H groups in total. The van der Waals surface area contributed by atoms with Crippen molar-refractivity contribution in [2.45, 2.75) is 71.3 Å². The molecule has 1 aromatic rings. The van der Waals surface area contributed by atoms with E-state index in [0.717, 1.165) is 63.2 Å². The molecule has 0 spiro atoms. The first kappa shape index (κ1) is 22.7. The van der Waals surface area contributed by atoms with E-state index >= 15 is 0 Å². The Balaban J connectivity index is 1.85. The average Bonchev–Trinajstić information content (AvgIpc) is 2.96. The van der Waals surface area contributed by atoms with Crippen LogP contribution in [0.1, 0.15) is 65.7 Å². The SMILES string of the molecule is CCOC1(C(=O)Nc2ccc(OCCCN(CC)CC)cc2)CCCCCC1. The average molecular weight is 391 g/mol. The maximum atomic E-state index is 13.0. The Bertz CT molecular complexity index is 562. The van der Waals surface area contributed by atoms with Crippen molar-refractivity contribution in [2.75, 3.05) is 38.2 Å². The molecule has 0 bridgehead atoms. The summed E-state index contributed by atoms with van der Waals surface area (Å²) >= 11 is 0. The number of carbonyl (C=O) groups is 1. The number of hydrogen-bond acceptors (Lipinski definition) is 4. The first-order chi connectivity index (χ1) is 13.6. The zero-order chi connectivity index (χ0) is 20.2. The minimum atomic E-state index is -0.676. The largest absolute Gasteiger partial charge is 0.494 e. The second-order valence-electron chi connectivity index (χ2n) is 7.55. The van der Waals surface area contributed by atoms with Gasteiger partial charge in [-0.1, -0.05) is 39.5 Å². The molecule has 1 aliphatic rings.